The first kappa shape index (κ1) is 17.4. The molecule has 18 heavy (non-hydrogen) atoms. The Bertz CT molecular complexity index is 227. The second-order valence-electron chi connectivity index (χ2n) is 6.04. The predicted octanol–water partition coefficient (Wildman–Crippen LogP) is 3.83. The number of carboxylic acid groups (broad SMARTS) is 1. The van der Waals surface area contributed by atoms with Gasteiger partial charge in [0.15, 0.2) is 0 Å². The summed E-state index contributed by atoms with van der Waals surface area (Å²) in [7, 11) is 0. The van der Waals surface area contributed by atoms with Crippen LogP contribution in [0, 0.1) is 5.41 Å². The molecule has 1 atom stereocenters. The maximum atomic E-state index is 11.1. The molecule has 2 N–H and O–H groups in total. The molecule has 0 saturated heterocycles. The van der Waals surface area contributed by atoms with Crippen molar-refractivity contribution in [3.63, 3.8) is 0 Å². The Hall–Kier alpha value is -0.570. The van der Waals surface area contributed by atoms with Crippen LogP contribution in [0.15, 0.2) is 0 Å². The summed E-state index contributed by atoms with van der Waals surface area (Å²) in [6.07, 6.45) is 7.65. The van der Waals surface area contributed by atoms with Crippen LogP contribution < -0.4 is 5.32 Å². The van der Waals surface area contributed by atoms with E-state index in [1.807, 2.05) is 0 Å². The Kier molecular flexibility index (Phi) is 9.08. The highest BCUT2D eigenvalue weighted by molar-refractivity contribution is 5.73. The number of carbonyl (C=O) groups is 1. The normalized spacial score (nSPS) is 13.6. The Labute approximate surface area is 112 Å². The van der Waals surface area contributed by atoms with Crippen molar-refractivity contribution in [1.82, 2.24) is 5.32 Å². The van der Waals surface area contributed by atoms with Gasteiger partial charge in [-0.15, -0.1) is 0 Å². The van der Waals surface area contributed by atoms with Crippen LogP contribution in [0.2, 0.25) is 0 Å². The molecule has 108 valence electrons. The van der Waals surface area contributed by atoms with Gasteiger partial charge in [-0.3, -0.25) is 4.79 Å². The van der Waals surface area contributed by atoms with Crippen LogP contribution in [0.25, 0.3) is 0 Å². The Morgan fingerprint density at radius 1 is 1.17 bits per heavy atom. The lowest BCUT2D eigenvalue weighted by molar-refractivity contribution is -0.139. The van der Waals surface area contributed by atoms with Crippen molar-refractivity contribution < 1.29 is 9.90 Å². The smallest absolute Gasteiger partial charge is 0.320 e. The molecule has 3 heteroatoms. The highest BCUT2D eigenvalue weighted by Crippen LogP contribution is 2.23. The molecule has 0 bridgehead atoms. The molecule has 0 fully saturated rings. The highest BCUT2D eigenvalue weighted by atomic mass is 16.4. The predicted molar refractivity (Wildman–Crippen MR) is 76.9 cm³/mol. The van der Waals surface area contributed by atoms with Gasteiger partial charge in [0.05, 0.1) is 0 Å². The zero-order valence-electron chi connectivity index (χ0n) is 12.6. The summed E-state index contributed by atoms with van der Waals surface area (Å²) in [5.74, 6) is -0.715. The van der Waals surface area contributed by atoms with E-state index in [4.69, 9.17) is 5.11 Å². The summed E-state index contributed by atoms with van der Waals surface area (Å²) in [5, 5.41) is 12.4. The largest absolute Gasteiger partial charge is 0.480 e. The standard InChI is InChI=1S/C15H31NO2/c1-5-7-9-11-15(3,4)12-16-13(14(17)18)10-8-6-2/h13,16H,5-12H2,1-4H3,(H,17,18). The van der Waals surface area contributed by atoms with Gasteiger partial charge in [-0.05, 0) is 18.3 Å². The van der Waals surface area contributed by atoms with Gasteiger partial charge >= 0.3 is 5.97 Å². The van der Waals surface area contributed by atoms with E-state index in [-0.39, 0.29) is 11.5 Å². The van der Waals surface area contributed by atoms with Crippen molar-refractivity contribution >= 4 is 5.97 Å². The monoisotopic (exact) mass is 257 g/mol. The number of aliphatic carboxylic acids is 1. The zero-order chi connectivity index (χ0) is 14.0. The number of unbranched alkanes of at least 4 members (excludes halogenated alkanes) is 3. The van der Waals surface area contributed by atoms with E-state index < -0.39 is 5.97 Å². The van der Waals surface area contributed by atoms with Gasteiger partial charge in [0.1, 0.15) is 6.04 Å². The molecule has 0 amide bonds. The molecule has 0 rings (SSSR count). The van der Waals surface area contributed by atoms with Gasteiger partial charge in [-0.1, -0.05) is 59.8 Å². The summed E-state index contributed by atoms with van der Waals surface area (Å²) >= 11 is 0. The van der Waals surface area contributed by atoms with Crippen molar-refractivity contribution in [1.29, 1.82) is 0 Å². The second kappa shape index (κ2) is 9.37. The first-order valence-corrected chi connectivity index (χ1v) is 7.39. The van der Waals surface area contributed by atoms with Crippen molar-refractivity contribution in [3.05, 3.63) is 0 Å². The van der Waals surface area contributed by atoms with E-state index >= 15 is 0 Å². The van der Waals surface area contributed by atoms with Crippen LogP contribution in [0.3, 0.4) is 0 Å². The lowest BCUT2D eigenvalue weighted by Gasteiger charge is -2.27. The molecular weight excluding hydrogens is 226 g/mol. The van der Waals surface area contributed by atoms with E-state index in [0.717, 1.165) is 32.2 Å². The van der Waals surface area contributed by atoms with Crippen molar-refractivity contribution in [2.24, 2.45) is 5.41 Å². The lowest BCUT2D eigenvalue weighted by atomic mass is 9.86. The van der Waals surface area contributed by atoms with Crippen LogP contribution >= 0.6 is 0 Å². The van der Waals surface area contributed by atoms with Crippen molar-refractivity contribution in [3.8, 4) is 0 Å². The maximum absolute atomic E-state index is 11.1. The molecule has 0 spiro atoms. The minimum Gasteiger partial charge on any atom is -0.480 e. The molecule has 0 aromatic heterocycles. The molecule has 0 aromatic carbocycles. The molecular formula is C15H31NO2. The Morgan fingerprint density at radius 3 is 2.28 bits per heavy atom. The Morgan fingerprint density at radius 2 is 1.78 bits per heavy atom. The topological polar surface area (TPSA) is 49.3 Å². The lowest BCUT2D eigenvalue weighted by Crippen LogP contribution is -2.41. The minimum atomic E-state index is -0.715. The average molecular weight is 257 g/mol. The second-order valence-corrected chi connectivity index (χ2v) is 6.04. The summed E-state index contributed by atoms with van der Waals surface area (Å²) in [6, 6.07) is -0.379. The molecule has 3 nitrogen and oxygen atoms in total. The Balaban J connectivity index is 4.03. The molecule has 0 aliphatic carbocycles. The fourth-order valence-corrected chi connectivity index (χ4v) is 2.06. The van der Waals surface area contributed by atoms with Crippen LogP contribution in [0.5, 0.6) is 0 Å². The quantitative estimate of drug-likeness (QED) is 0.553. The minimum absolute atomic E-state index is 0.190. The number of carboxylic acids is 1. The van der Waals surface area contributed by atoms with E-state index in [0.29, 0.717) is 0 Å². The molecule has 0 aliphatic rings. The van der Waals surface area contributed by atoms with Crippen LogP contribution in [-0.4, -0.2) is 23.7 Å². The molecule has 0 aromatic rings. The summed E-state index contributed by atoms with van der Waals surface area (Å²) < 4.78 is 0. The highest BCUT2D eigenvalue weighted by Gasteiger charge is 2.22. The SMILES string of the molecule is CCCCCC(C)(C)CNC(CCCC)C(=O)O. The van der Waals surface area contributed by atoms with Crippen molar-refractivity contribution in [2.45, 2.75) is 78.7 Å². The van der Waals surface area contributed by atoms with E-state index in [1.165, 1.54) is 19.3 Å². The number of nitrogens with one attached hydrogen (secondary N) is 1. The van der Waals surface area contributed by atoms with E-state index in [9.17, 15) is 4.79 Å². The molecule has 0 heterocycles. The average Bonchev–Trinajstić information content (AvgIpc) is 2.28. The number of rotatable bonds is 11. The van der Waals surface area contributed by atoms with Gasteiger partial charge in [0.2, 0.25) is 0 Å². The summed E-state index contributed by atoms with van der Waals surface area (Å²) in [5.41, 5.74) is 0.190. The van der Waals surface area contributed by atoms with Gasteiger partial charge < -0.3 is 10.4 Å². The maximum Gasteiger partial charge on any atom is 0.320 e. The van der Waals surface area contributed by atoms with Gasteiger partial charge in [-0.25, -0.2) is 0 Å². The molecule has 0 radical (unpaired) electrons. The third-order valence-electron chi connectivity index (χ3n) is 3.43. The van der Waals surface area contributed by atoms with E-state index in [2.05, 4.69) is 33.0 Å². The van der Waals surface area contributed by atoms with Crippen LogP contribution in [0.4, 0.5) is 0 Å². The van der Waals surface area contributed by atoms with Gasteiger partial charge in [-0.2, -0.15) is 0 Å². The first-order valence-electron chi connectivity index (χ1n) is 7.39. The number of hydrogen-bond acceptors (Lipinski definition) is 2. The summed E-state index contributed by atoms with van der Waals surface area (Å²) in [6.45, 7) is 9.52. The van der Waals surface area contributed by atoms with Crippen molar-refractivity contribution in [2.75, 3.05) is 6.54 Å². The van der Waals surface area contributed by atoms with Crippen LogP contribution in [0.1, 0.15) is 72.6 Å². The van der Waals surface area contributed by atoms with E-state index in [1.54, 1.807) is 0 Å². The first-order chi connectivity index (χ1) is 8.43. The van der Waals surface area contributed by atoms with Gasteiger partial charge in [0, 0.05) is 6.54 Å². The van der Waals surface area contributed by atoms with Gasteiger partial charge in [0.25, 0.3) is 0 Å². The van der Waals surface area contributed by atoms with Crippen LogP contribution in [-0.2, 0) is 4.79 Å². The fourth-order valence-electron chi connectivity index (χ4n) is 2.06. The fraction of sp³-hybridized carbons (Fsp3) is 0.933. The third kappa shape index (κ3) is 8.51. The third-order valence-corrected chi connectivity index (χ3v) is 3.43. The molecule has 0 saturated carbocycles. The molecule has 1 unspecified atom stereocenters. The molecule has 0 aliphatic heterocycles. The summed E-state index contributed by atoms with van der Waals surface area (Å²) in [4.78, 5) is 11.1. The zero-order valence-corrected chi connectivity index (χ0v) is 12.6. The number of hydrogen-bond donors (Lipinski definition) is 2.